The van der Waals surface area contributed by atoms with Crippen LogP contribution in [0, 0.1) is 0 Å². The second-order valence-electron chi connectivity index (χ2n) is 4.67. The van der Waals surface area contributed by atoms with Gasteiger partial charge < -0.3 is 5.11 Å². The predicted molar refractivity (Wildman–Crippen MR) is 74.2 cm³/mol. The Balaban J connectivity index is 2.21. The lowest BCUT2D eigenvalue weighted by Crippen LogP contribution is -2.14. The van der Waals surface area contributed by atoms with E-state index in [1.165, 1.54) is 24.3 Å². The van der Waals surface area contributed by atoms with Crippen LogP contribution in [-0.2, 0) is 6.18 Å². The van der Waals surface area contributed by atoms with Crippen LogP contribution in [0.25, 0.3) is 17.1 Å². The van der Waals surface area contributed by atoms with E-state index in [2.05, 4.69) is 9.68 Å². The van der Waals surface area contributed by atoms with Crippen molar-refractivity contribution in [3.63, 3.8) is 0 Å². The Bertz CT molecular complexity index is 913. The number of halogens is 3. The SMILES string of the molecule is O=c1onc(-c2ccccc2O)n1-c1cccc(C(F)(F)F)c1. The molecule has 8 heteroatoms. The molecule has 1 aromatic heterocycles. The smallest absolute Gasteiger partial charge is 0.446 e. The molecule has 1 N–H and O–H groups in total. The maximum Gasteiger partial charge on any atom is 0.446 e. The fraction of sp³-hybridized carbons (Fsp3) is 0.0667. The summed E-state index contributed by atoms with van der Waals surface area (Å²) in [6.45, 7) is 0. The van der Waals surface area contributed by atoms with E-state index in [1.54, 1.807) is 12.1 Å². The molecule has 23 heavy (non-hydrogen) atoms. The lowest BCUT2D eigenvalue weighted by molar-refractivity contribution is -0.137. The highest BCUT2D eigenvalue weighted by atomic mass is 19.4. The standard InChI is InChI=1S/C15H9F3N2O3/c16-15(17,18)9-4-3-5-10(8-9)20-13(19-23-14(20)22)11-6-1-2-7-12(11)21/h1-8,21H. The number of aromatic hydroxyl groups is 1. The number of nitrogens with zero attached hydrogens (tertiary/aromatic N) is 2. The first-order valence-electron chi connectivity index (χ1n) is 6.42. The monoisotopic (exact) mass is 322 g/mol. The molecule has 0 fully saturated rings. The molecule has 118 valence electrons. The van der Waals surface area contributed by atoms with Crippen LogP contribution in [0.2, 0.25) is 0 Å². The van der Waals surface area contributed by atoms with Crippen LogP contribution in [0.15, 0.2) is 57.8 Å². The Kier molecular flexibility index (Phi) is 3.44. The summed E-state index contributed by atoms with van der Waals surface area (Å²) in [5.74, 6) is -1.23. The molecular weight excluding hydrogens is 313 g/mol. The quantitative estimate of drug-likeness (QED) is 0.786. The number of aromatic nitrogens is 2. The van der Waals surface area contributed by atoms with Gasteiger partial charge in [-0.15, -0.1) is 0 Å². The van der Waals surface area contributed by atoms with Crippen molar-refractivity contribution in [2.24, 2.45) is 0 Å². The third-order valence-corrected chi connectivity index (χ3v) is 3.18. The molecule has 0 aliphatic heterocycles. The lowest BCUT2D eigenvalue weighted by Gasteiger charge is -2.10. The molecule has 0 aliphatic rings. The first-order valence-corrected chi connectivity index (χ1v) is 6.42. The summed E-state index contributed by atoms with van der Waals surface area (Å²) >= 11 is 0. The maximum atomic E-state index is 12.8. The predicted octanol–water partition coefficient (Wildman–Crippen LogP) is 3.22. The van der Waals surface area contributed by atoms with E-state index in [1.807, 2.05) is 0 Å². The molecule has 0 spiro atoms. The molecule has 5 nitrogen and oxygen atoms in total. The van der Waals surface area contributed by atoms with Crippen molar-refractivity contribution < 1.29 is 22.8 Å². The number of phenols is 1. The van der Waals surface area contributed by atoms with Crippen LogP contribution >= 0.6 is 0 Å². The molecule has 3 rings (SSSR count). The molecule has 0 unspecified atom stereocenters. The van der Waals surface area contributed by atoms with Crippen molar-refractivity contribution in [2.75, 3.05) is 0 Å². The van der Waals surface area contributed by atoms with Gasteiger partial charge in [0.15, 0.2) is 5.82 Å². The zero-order valence-electron chi connectivity index (χ0n) is 11.4. The van der Waals surface area contributed by atoms with Gasteiger partial charge in [-0.25, -0.2) is 9.36 Å². The summed E-state index contributed by atoms with van der Waals surface area (Å²) in [6.07, 6.45) is -4.55. The van der Waals surface area contributed by atoms with Gasteiger partial charge in [-0.2, -0.15) is 13.2 Å². The van der Waals surface area contributed by atoms with Crippen molar-refractivity contribution in [1.82, 2.24) is 9.72 Å². The van der Waals surface area contributed by atoms with Gasteiger partial charge in [0.25, 0.3) is 0 Å². The topological polar surface area (TPSA) is 68.3 Å². The van der Waals surface area contributed by atoms with Gasteiger partial charge in [-0.3, -0.25) is 4.52 Å². The van der Waals surface area contributed by atoms with Crippen LogP contribution in [0.5, 0.6) is 5.75 Å². The number of alkyl halides is 3. The molecule has 2 aromatic carbocycles. The summed E-state index contributed by atoms with van der Waals surface area (Å²) in [5.41, 5.74) is -0.813. The molecule has 0 saturated heterocycles. The van der Waals surface area contributed by atoms with Crippen LogP contribution in [-0.4, -0.2) is 14.8 Å². The van der Waals surface area contributed by atoms with E-state index >= 15 is 0 Å². The van der Waals surface area contributed by atoms with Crippen molar-refractivity contribution in [3.8, 4) is 22.8 Å². The van der Waals surface area contributed by atoms with Crippen molar-refractivity contribution in [1.29, 1.82) is 0 Å². The van der Waals surface area contributed by atoms with Crippen LogP contribution < -0.4 is 5.76 Å². The normalized spacial score (nSPS) is 11.6. The van der Waals surface area contributed by atoms with Gasteiger partial charge >= 0.3 is 11.9 Å². The summed E-state index contributed by atoms with van der Waals surface area (Å²) in [5, 5.41) is 13.4. The van der Waals surface area contributed by atoms with E-state index in [0.29, 0.717) is 0 Å². The second-order valence-corrected chi connectivity index (χ2v) is 4.67. The third-order valence-electron chi connectivity index (χ3n) is 3.18. The Morgan fingerprint density at radius 1 is 1.09 bits per heavy atom. The third kappa shape index (κ3) is 2.70. The van der Waals surface area contributed by atoms with E-state index in [9.17, 15) is 23.1 Å². The molecule has 0 aliphatic carbocycles. The number of benzene rings is 2. The van der Waals surface area contributed by atoms with E-state index in [-0.39, 0.29) is 22.8 Å². The highest BCUT2D eigenvalue weighted by Crippen LogP contribution is 2.32. The van der Waals surface area contributed by atoms with E-state index in [4.69, 9.17) is 0 Å². The Morgan fingerprint density at radius 3 is 2.52 bits per heavy atom. The van der Waals surface area contributed by atoms with Gasteiger partial charge in [0.2, 0.25) is 0 Å². The van der Waals surface area contributed by atoms with Crippen molar-refractivity contribution in [3.05, 3.63) is 64.6 Å². The largest absolute Gasteiger partial charge is 0.507 e. The first kappa shape index (κ1) is 14.9. The van der Waals surface area contributed by atoms with Crippen molar-refractivity contribution >= 4 is 0 Å². The van der Waals surface area contributed by atoms with Gasteiger partial charge in [-0.1, -0.05) is 23.4 Å². The van der Waals surface area contributed by atoms with E-state index in [0.717, 1.165) is 16.7 Å². The van der Waals surface area contributed by atoms with E-state index < -0.39 is 17.5 Å². The average molecular weight is 322 g/mol. The summed E-state index contributed by atoms with van der Waals surface area (Å²) < 4.78 is 43.9. The zero-order valence-corrected chi connectivity index (χ0v) is 11.4. The molecule has 0 atom stereocenters. The summed E-state index contributed by atoms with van der Waals surface area (Å²) in [6, 6.07) is 10.2. The molecule has 3 aromatic rings. The second kappa shape index (κ2) is 5.31. The summed E-state index contributed by atoms with van der Waals surface area (Å²) in [4.78, 5) is 11.9. The highest BCUT2D eigenvalue weighted by Gasteiger charge is 2.31. The molecule has 0 bridgehead atoms. The highest BCUT2D eigenvalue weighted by molar-refractivity contribution is 5.65. The molecule has 0 saturated carbocycles. The average Bonchev–Trinajstić information content (AvgIpc) is 2.88. The Morgan fingerprint density at radius 2 is 1.83 bits per heavy atom. The Hall–Kier alpha value is -3.03. The Labute approximate surface area is 127 Å². The molecule has 1 heterocycles. The minimum atomic E-state index is -4.55. The minimum Gasteiger partial charge on any atom is -0.507 e. The van der Waals surface area contributed by atoms with Crippen LogP contribution in [0.4, 0.5) is 13.2 Å². The summed E-state index contributed by atoms with van der Waals surface area (Å²) in [7, 11) is 0. The van der Waals surface area contributed by atoms with Crippen molar-refractivity contribution in [2.45, 2.75) is 6.18 Å². The zero-order chi connectivity index (χ0) is 16.6. The first-order chi connectivity index (χ1) is 10.9. The molecule has 0 amide bonds. The van der Waals surface area contributed by atoms with Crippen LogP contribution in [0.3, 0.4) is 0 Å². The minimum absolute atomic E-state index is 0.0654. The maximum absolute atomic E-state index is 12.8. The fourth-order valence-electron chi connectivity index (χ4n) is 2.13. The molecule has 0 radical (unpaired) electrons. The van der Waals surface area contributed by atoms with Gasteiger partial charge in [0, 0.05) is 0 Å². The van der Waals surface area contributed by atoms with Gasteiger partial charge in [0.05, 0.1) is 16.8 Å². The fourth-order valence-corrected chi connectivity index (χ4v) is 2.13. The number of rotatable bonds is 2. The number of hydrogen-bond acceptors (Lipinski definition) is 4. The number of hydrogen-bond donors (Lipinski definition) is 1. The van der Waals surface area contributed by atoms with Gasteiger partial charge in [-0.05, 0) is 30.3 Å². The number of para-hydroxylation sites is 1. The molecular formula is C15H9F3N2O3. The van der Waals surface area contributed by atoms with Gasteiger partial charge in [0.1, 0.15) is 5.75 Å². The lowest BCUT2D eigenvalue weighted by atomic mass is 10.1. The number of phenolic OH excluding ortho intramolecular Hbond substituents is 1. The van der Waals surface area contributed by atoms with Crippen LogP contribution in [0.1, 0.15) is 5.56 Å².